The lowest BCUT2D eigenvalue weighted by Gasteiger charge is -2.25. The van der Waals surface area contributed by atoms with Gasteiger partial charge in [0.05, 0.1) is 19.3 Å². The Morgan fingerprint density at radius 1 is 0.931 bits per heavy atom. The molecule has 29 heavy (non-hydrogen) atoms. The number of unbranched alkanes of at least 4 members (excludes halogenated alkanes) is 5. The molecule has 11 nitrogen and oxygen atoms in total. The number of rotatable bonds is 13. The minimum atomic E-state index is -1.26. The van der Waals surface area contributed by atoms with Gasteiger partial charge in [0.2, 0.25) is 0 Å². The lowest BCUT2D eigenvalue weighted by atomic mass is 10.1. The number of aliphatic hydroxyl groups excluding tert-OH is 4. The summed E-state index contributed by atoms with van der Waals surface area (Å²) in [5, 5.41) is 42.9. The monoisotopic (exact) mass is 419 g/mol. The van der Waals surface area contributed by atoms with Crippen molar-refractivity contribution in [3.8, 4) is 0 Å². The molecule has 0 aliphatic carbocycles. The number of hydrogen-bond acceptors (Lipinski definition) is 9. The smallest absolute Gasteiger partial charge is 0.186 e. The number of ether oxygens (including phenoxy) is 4. The summed E-state index contributed by atoms with van der Waals surface area (Å²) in [4.78, 5) is 2.67. The Morgan fingerprint density at radius 3 is 2.24 bits per heavy atom. The second-order valence-corrected chi connectivity index (χ2v) is 7.37. The van der Waals surface area contributed by atoms with Crippen LogP contribution < -0.4 is 0 Å². The van der Waals surface area contributed by atoms with Crippen LogP contribution in [-0.4, -0.2) is 89.4 Å². The lowest BCUT2D eigenvalue weighted by molar-refractivity contribution is -0.197. The largest absolute Gasteiger partial charge is 0.394 e. The summed E-state index contributed by atoms with van der Waals surface area (Å²) in [5.74, 6) is 0. The third-order valence-corrected chi connectivity index (χ3v) is 5.23. The molecule has 11 heteroatoms. The first-order valence-corrected chi connectivity index (χ1v) is 10.3. The van der Waals surface area contributed by atoms with Gasteiger partial charge < -0.3 is 39.4 Å². The van der Waals surface area contributed by atoms with Crippen LogP contribution in [0.15, 0.2) is 5.11 Å². The molecule has 0 saturated carbocycles. The Morgan fingerprint density at radius 2 is 1.59 bits per heavy atom. The van der Waals surface area contributed by atoms with Crippen molar-refractivity contribution < 1.29 is 39.4 Å². The Kier molecular flexibility index (Phi) is 10.6. The normalized spacial score (nSPS) is 37.0. The fourth-order valence-corrected chi connectivity index (χ4v) is 3.55. The van der Waals surface area contributed by atoms with Crippen molar-refractivity contribution in [2.24, 2.45) is 5.11 Å². The van der Waals surface area contributed by atoms with E-state index in [4.69, 9.17) is 24.5 Å². The van der Waals surface area contributed by atoms with E-state index < -0.39 is 62.4 Å². The van der Waals surface area contributed by atoms with Crippen LogP contribution in [0.1, 0.15) is 45.4 Å². The zero-order valence-electron chi connectivity index (χ0n) is 16.7. The molecule has 0 spiro atoms. The molecule has 0 amide bonds. The Bertz CT molecular complexity index is 521. The van der Waals surface area contributed by atoms with E-state index in [1.807, 2.05) is 0 Å². The van der Waals surface area contributed by atoms with E-state index in [1.165, 1.54) is 19.3 Å². The molecule has 2 saturated heterocycles. The molecule has 0 radical (unpaired) electrons. The standard InChI is InChI=1S/C18H33N3O8/c1-2-3-4-5-6-7-8-26-18-15(25)16(12(10-23)28-18)29-17-13(20-21-19)14(24)11(9-22)27-17/h11-18,22-25H,2-10H2,1H3/t11-,12-,13+,14-,15+,16-,17-,18+/m1/s1. The minimum Gasteiger partial charge on any atom is -0.394 e. The van der Waals surface area contributed by atoms with Crippen LogP contribution in [0.5, 0.6) is 0 Å². The second-order valence-electron chi connectivity index (χ2n) is 7.37. The summed E-state index contributed by atoms with van der Waals surface area (Å²) in [6, 6.07) is -1.10. The van der Waals surface area contributed by atoms with Gasteiger partial charge in [0.25, 0.3) is 0 Å². The van der Waals surface area contributed by atoms with Crippen molar-refractivity contribution in [2.45, 2.75) is 94.6 Å². The highest BCUT2D eigenvalue weighted by Crippen LogP contribution is 2.31. The van der Waals surface area contributed by atoms with Crippen molar-refractivity contribution in [1.29, 1.82) is 0 Å². The van der Waals surface area contributed by atoms with Crippen molar-refractivity contribution >= 4 is 0 Å². The number of nitrogens with zero attached hydrogens (tertiary/aromatic N) is 3. The van der Waals surface area contributed by atoms with Gasteiger partial charge in [0.1, 0.15) is 30.5 Å². The van der Waals surface area contributed by atoms with Crippen molar-refractivity contribution in [3.05, 3.63) is 10.4 Å². The quantitative estimate of drug-likeness (QED) is 0.146. The Hall–Kier alpha value is -1.01. The van der Waals surface area contributed by atoms with Crippen LogP contribution >= 0.6 is 0 Å². The van der Waals surface area contributed by atoms with Gasteiger partial charge in [-0.05, 0) is 12.0 Å². The van der Waals surface area contributed by atoms with Crippen LogP contribution in [0.4, 0.5) is 0 Å². The fourth-order valence-electron chi connectivity index (χ4n) is 3.55. The Balaban J connectivity index is 1.87. The number of azide groups is 1. The zero-order valence-corrected chi connectivity index (χ0v) is 16.7. The van der Waals surface area contributed by atoms with Gasteiger partial charge in [-0.25, -0.2) is 0 Å². The average molecular weight is 419 g/mol. The molecule has 0 aromatic heterocycles. The maximum absolute atomic E-state index is 10.5. The molecule has 0 bridgehead atoms. The number of hydrogen-bond donors (Lipinski definition) is 4. The highest BCUT2D eigenvalue weighted by molar-refractivity contribution is 4.95. The van der Waals surface area contributed by atoms with Crippen LogP contribution in [0.2, 0.25) is 0 Å². The van der Waals surface area contributed by atoms with E-state index in [-0.39, 0.29) is 0 Å². The summed E-state index contributed by atoms with van der Waals surface area (Å²) >= 11 is 0. The molecular weight excluding hydrogens is 386 g/mol. The number of aliphatic hydroxyl groups is 4. The van der Waals surface area contributed by atoms with Crippen molar-refractivity contribution in [3.63, 3.8) is 0 Å². The van der Waals surface area contributed by atoms with E-state index in [9.17, 15) is 20.4 Å². The van der Waals surface area contributed by atoms with Crippen LogP contribution in [0, 0.1) is 0 Å². The molecule has 0 aromatic carbocycles. The fraction of sp³-hybridized carbons (Fsp3) is 1.00. The predicted molar refractivity (Wildman–Crippen MR) is 101 cm³/mol. The highest BCUT2D eigenvalue weighted by Gasteiger charge is 2.50. The SMILES string of the molecule is CCCCCCCCO[C@H]1O[C@H](CO)[C@@H](O[C@H]2O[C@H](CO)[C@@H](O)[C@@H]2N=[N+]=[N-])[C@@H]1O. The first-order chi connectivity index (χ1) is 14.1. The van der Waals surface area contributed by atoms with Gasteiger partial charge in [-0.15, -0.1) is 0 Å². The van der Waals surface area contributed by atoms with Gasteiger partial charge >= 0.3 is 0 Å². The zero-order chi connectivity index (χ0) is 21.2. The van der Waals surface area contributed by atoms with Gasteiger partial charge in [-0.3, -0.25) is 0 Å². The highest BCUT2D eigenvalue weighted by atomic mass is 16.7. The van der Waals surface area contributed by atoms with E-state index in [1.54, 1.807) is 0 Å². The maximum Gasteiger partial charge on any atom is 0.186 e. The molecule has 2 aliphatic rings. The molecule has 168 valence electrons. The average Bonchev–Trinajstić information content (AvgIpc) is 3.19. The second kappa shape index (κ2) is 12.6. The molecule has 8 atom stereocenters. The minimum absolute atomic E-state index is 0.408. The van der Waals surface area contributed by atoms with Crippen LogP contribution in [0.25, 0.3) is 10.4 Å². The first kappa shape index (κ1) is 24.3. The van der Waals surface area contributed by atoms with Crippen LogP contribution in [-0.2, 0) is 18.9 Å². The molecule has 0 aromatic rings. The molecule has 2 rings (SSSR count). The van der Waals surface area contributed by atoms with Gasteiger partial charge in [0.15, 0.2) is 12.6 Å². The third kappa shape index (κ3) is 6.48. The maximum atomic E-state index is 10.5. The predicted octanol–water partition coefficient (Wildman–Crippen LogP) is 0.584. The van der Waals surface area contributed by atoms with Crippen LogP contribution in [0.3, 0.4) is 0 Å². The Labute approximate surface area is 170 Å². The molecule has 2 heterocycles. The van der Waals surface area contributed by atoms with Gasteiger partial charge in [-0.2, -0.15) is 0 Å². The molecular formula is C18H33N3O8. The summed E-state index contributed by atoms with van der Waals surface area (Å²) in [6.45, 7) is 1.65. The third-order valence-electron chi connectivity index (χ3n) is 5.23. The van der Waals surface area contributed by atoms with E-state index >= 15 is 0 Å². The van der Waals surface area contributed by atoms with Gasteiger partial charge in [-0.1, -0.05) is 44.1 Å². The van der Waals surface area contributed by atoms with Crippen molar-refractivity contribution in [2.75, 3.05) is 19.8 Å². The topological polar surface area (TPSA) is 167 Å². The lowest BCUT2D eigenvalue weighted by Crippen LogP contribution is -2.43. The summed E-state index contributed by atoms with van der Waals surface area (Å²) in [6.07, 6.45) is -0.919. The summed E-state index contributed by atoms with van der Waals surface area (Å²) < 4.78 is 22.2. The molecule has 2 aliphatic heterocycles. The van der Waals surface area contributed by atoms with Gasteiger partial charge in [0, 0.05) is 11.5 Å². The van der Waals surface area contributed by atoms with E-state index in [2.05, 4.69) is 16.9 Å². The van der Waals surface area contributed by atoms with E-state index in [0.717, 1.165) is 19.3 Å². The summed E-state index contributed by atoms with van der Waals surface area (Å²) in [7, 11) is 0. The molecule has 4 N–H and O–H groups in total. The molecule has 0 unspecified atom stereocenters. The first-order valence-electron chi connectivity index (χ1n) is 10.3. The summed E-state index contributed by atoms with van der Waals surface area (Å²) in [5.41, 5.74) is 8.70. The van der Waals surface area contributed by atoms with Crippen molar-refractivity contribution in [1.82, 2.24) is 0 Å². The van der Waals surface area contributed by atoms with E-state index in [0.29, 0.717) is 6.61 Å². The molecule has 2 fully saturated rings.